The number of benzene rings is 1. The molecule has 214 valence electrons. The van der Waals surface area contributed by atoms with Crippen molar-refractivity contribution in [1.82, 2.24) is 30.4 Å². The summed E-state index contributed by atoms with van der Waals surface area (Å²) in [5, 5.41) is 10.9. The van der Waals surface area contributed by atoms with E-state index in [-0.39, 0.29) is 11.7 Å². The molecule has 1 atom stereocenters. The number of aliphatic imine (C=N–C) groups is 1. The van der Waals surface area contributed by atoms with Gasteiger partial charge in [0, 0.05) is 57.1 Å². The highest BCUT2D eigenvalue weighted by Gasteiger charge is 2.23. The van der Waals surface area contributed by atoms with Crippen LogP contribution in [0.2, 0.25) is 0 Å². The summed E-state index contributed by atoms with van der Waals surface area (Å²) in [5.41, 5.74) is 7.64. The van der Waals surface area contributed by atoms with Gasteiger partial charge in [-0.1, -0.05) is 17.7 Å². The monoisotopic (exact) mass is 563 g/mol. The Balaban J connectivity index is 1.55. The van der Waals surface area contributed by atoms with E-state index in [2.05, 4.69) is 69.7 Å². The lowest BCUT2D eigenvalue weighted by molar-refractivity contribution is -0.116. The van der Waals surface area contributed by atoms with E-state index in [1.54, 1.807) is 18.5 Å². The molecule has 1 saturated heterocycles. The van der Waals surface area contributed by atoms with Gasteiger partial charge in [-0.2, -0.15) is 17.7 Å². The second-order valence-electron chi connectivity index (χ2n) is 10.3. The van der Waals surface area contributed by atoms with E-state index in [4.69, 9.17) is 5.84 Å². The number of nitrogens with two attached hydrogens (primary N) is 1. The van der Waals surface area contributed by atoms with Crippen molar-refractivity contribution in [2.45, 2.75) is 32.7 Å². The first kappa shape index (κ1) is 29.6. The highest BCUT2D eigenvalue weighted by molar-refractivity contribution is 7.80. The number of allylic oxidation sites excluding steroid dienone is 2. The lowest BCUT2D eigenvalue weighted by Crippen LogP contribution is -2.43. The smallest absolute Gasteiger partial charge is 0.255 e. The molecule has 2 aliphatic heterocycles. The van der Waals surface area contributed by atoms with Gasteiger partial charge < -0.3 is 10.3 Å². The minimum Gasteiger partial charge on any atom is -0.312 e. The van der Waals surface area contributed by atoms with Gasteiger partial charge in [0.25, 0.3) is 5.91 Å². The van der Waals surface area contributed by atoms with Crippen molar-refractivity contribution in [3.63, 3.8) is 0 Å². The van der Waals surface area contributed by atoms with E-state index in [0.29, 0.717) is 29.6 Å². The fourth-order valence-corrected chi connectivity index (χ4v) is 5.39. The summed E-state index contributed by atoms with van der Waals surface area (Å²) in [6.45, 7) is 5.35. The van der Waals surface area contributed by atoms with E-state index >= 15 is 0 Å². The predicted molar refractivity (Wildman–Crippen MR) is 164 cm³/mol. The standard InChI is InChI=1S/C29H41N9OS/c1-22-7-10-25(11-8-22)38(31-2)28(34-29(39)26(21-40)27-20-37(30)15-5-13-32-27)12-9-23-6-4-14-36(18-23)19-24-16-33-35(3)17-24/h5,7-8,10-13,15-17,23,31,40H,4,6,9,14,18-21,30H2,1-3H3,(H,34,39). The number of carbonyl (C=O) groups excluding carboxylic acids is 1. The Labute approximate surface area is 242 Å². The molecule has 0 bridgehead atoms. The molecule has 0 radical (unpaired) electrons. The Hall–Kier alpha value is -3.38. The highest BCUT2D eigenvalue weighted by atomic mass is 32.1. The molecule has 4 rings (SSSR count). The van der Waals surface area contributed by atoms with Crippen LogP contribution in [0.4, 0.5) is 5.69 Å². The number of nitrogens with one attached hydrogen (secondary N) is 2. The molecule has 2 aliphatic rings. The zero-order valence-corrected chi connectivity index (χ0v) is 24.5. The van der Waals surface area contributed by atoms with Crippen LogP contribution in [-0.2, 0) is 18.4 Å². The van der Waals surface area contributed by atoms with Crippen LogP contribution >= 0.6 is 12.6 Å². The number of aryl methyl sites for hydroxylation is 2. The zero-order chi connectivity index (χ0) is 28.5. The number of carbonyl (C=O) groups is 1. The van der Waals surface area contributed by atoms with Crippen LogP contribution in [0.15, 0.2) is 77.1 Å². The second kappa shape index (κ2) is 14.3. The van der Waals surface area contributed by atoms with E-state index in [1.165, 1.54) is 16.1 Å². The summed E-state index contributed by atoms with van der Waals surface area (Å²) in [5.74, 6) is 7.13. The number of aromatic nitrogens is 2. The van der Waals surface area contributed by atoms with Crippen molar-refractivity contribution in [1.29, 1.82) is 0 Å². The molecule has 1 aromatic carbocycles. The van der Waals surface area contributed by atoms with E-state index < -0.39 is 0 Å². The molecule has 2 aromatic rings. The molecule has 1 aromatic heterocycles. The largest absolute Gasteiger partial charge is 0.312 e. The van der Waals surface area contributed by atoms with Crippen LogP contribution in [0, 0.1) is 12.8 Å². The summed E-state index contributed by atoms with van der Waals surface area (Å²) < 4.78 is 1.85. The number of anilines is 1. The number of likely N-dealkylation sites (tertiary alicyclic amines) is 1. The number of nitrogens with zero attached hydrogens (tertiary/aromatic N) is 6. The molecule has 40 heavy (non-hydrogen) atoms. The molecule has 0 aliphatic carbocycles. The third-order valence-electron chi connectivity index (χ3n) is 7.12. The van der Waals surface area contributed by atoms with E-state index in [9.17, 15) is 4.79 Å². The molecule has 1 unspecified atom stereocenters. The van der Waals surface area contributed by atoms with Crippen LogP contribution in [0.25, 0.3) is 0 Å². The van der Waals surface area contributed by atoms with Gasteiger partial charge in [-0.3, -0.25) is 24.4 Å². The van der Waals surface area contributed by atoms with Crippen LogP contribution in [0.1, 0.15) is 30.4 Å². The molecule has 1 amide bonds. The van der Waals surface area contributed by atoms with Gasteiger partial charge in [0.15, 0.2) is 0 Å². The van der Waals surface area contributed by atoms with Crippen molar-refractivity contribution < 1.29 is 4.79 Å². The number of hydrogen-bond acceptors (Lipinski definition) is 9. The minimum atomic E-state index is -0.252. The van der Waals surface area contributed by atoms with Crippen LogP contribution in [0.5, 0.6) is 0 Å². The van der Waals surface area contributed by atoms with Gasteiger partial charge in [0.2, 0.25) is 0 Å². The first-order valence-corrected chi connectivity index (χ1v) is 14.3. The summed E-state index contributed by atoms with van der Waals surface area (Å²) in [4.78, 5) is 20.6. The SMILES string of the molecule is CNN(C(=CCC1CCCN(Cc2cnn(C)c2)C1)NC(=O)C(CS)=C1CN(N)C=CC=N1)c1ccc(C)cc1. The van der Waals surface area contributed by atoms with Crippen molar-refractivity contribution in [3.8, 4) is 0 Å². The maximum atomic E-state index is 13.6. The number of hydrazine groups is 2. The number of thiol groups is 1. The molecular formula is C29H41N9OS. The third-order valence-corrected chi connectivity index (χ3v) is 7.43. The van der Waals surface area contributed by atoms with Gasteiger partial charge >= 0.3 is 0 Å². The average molecular weight is 564 g/mol. The predicted octanol–water partition coefficient (Wildman–Crippen LogP) is 2.89. The number of hydrogen-bond donors (Lipinski definition) is 4. The summed E-state index contributed by atoms with van der Waals surface area (Å²) in [6.07, 6.45) is 14.4. The lowest BCUT2D eigenvalue weighted by Gasteiger charge is -2.33. The van der Waals surface area contributed by atoms with Gasteiger partial charge in [-0.15, -0.1) is 0 Å². The maximum absolute atomic E-state index is 13.6. The summed E-state index contributed by atoms with van der Waals surface area (Å²) in [7, 11) is 3.80. The molecule has 11 heteroatoms. The number of rotatable bonds is 10. The Morgan fingerprint density at radius 3 is 2.80 bits per heavy atom. The fourth-order valence-electron chi connectivity index (χ4n) is 5.07. The van der Waals surface area contributed by atoms with Gasteiger partial charge in [0.05, 0.1) is 29.7 Å². The maximum Gasteiger partial charge on any atom is 0.255 e. The van der Waals surface area contributed by atoms with Crippen molar-refractivity contribution in [3.05, 3.63) is 83.2 Å². The normalized spacial score (nSPS) is 19.5. The third kappa shape index (κ3) is 8.07. The quantitative estimate of drug-likeness (QED) is 0.152. The van der Waals surface area contributed by atoms with Gasteiger partial charge in [-0.25, -0.2) is 11.3 Å². The van der Waals surface area contributed by atoms with E-state index in [0.717, 1.165) is 44.6 Å². The lowest BCUT2D eigenvalue weighted by atomic mass is 9.94. The molecule has 0 saturated carbocycles. The zero-order valence-electron chi connectivity index (χ0n) is 23.6. The first-order valence-electron chi connectivity index (χ1n) is 13.7. The number of piperidine rings is 1. The number of amides is 1. The molecule has 10 nitrogen and oxygen atoms in total. The summed E-state index contributed by atoms with van der Waals surface area (Å²) >= 11 is 4.46. The minimum absolute atomic E-state index is 0.232. The summed E-state index contributed by atoms with van der Waals surface area (Å²) in [6, 6.07) is 8.18. The average Bonchev–Trinajstić information content (AvgIpc) is 3.22. The molecular weight excluding hydrogens is 522 g/mol. The van der Waals surface area contributed by atoms with Crippen LogP contribution < -0.4 is 21.6 Å². The second-order valence-corrected chi connectivity index (χ2v) is 10.6. The van der Waals surface area contributed by atoms with Gasteiger partial charge in [0.1, 0.15) is 5.82 Å². The van der Waals surface area contributed by atoms with Crippen LogP contribution in [0.3, 0.4) is 0 Å². The van der Waals surface area contributed by atoms with Crippen LogP contribution in [-0.4, -0.2) is 64.2 Å². The molecule has 3 heterocycles. The van der Waals surface area contributed by atoms with Crippen molar-refractivity contribution in [2.24, 2.45) is 23.8 Å². The topological polar surface area (TPSA) is 107 Å². The van der Waals surface area contributed by atoms with Crippen molar-refractivity contribution in [2.75, 3.05) is 37.4 Å². The molecule has 4 N–H and O–H groups in total. The Morgan fingerprint density at radius 1 is 1.30 bits per heavy atom. The molecule has 1 fully saturated rings. The Bertz CT molecular complexity index is 1260. The fraction of sp³-hybridized carbons (Fsp3) is 0.414. The molecule has 0 spiro atoms. The van der Waals surface area contributed by atoms with Gasteiger partial charge in [-0.05, 0) is 62.9 Å². The Morgan fingerprint density at radius 2 is 2.10 bits per heavy atom. The van der Waals surface area contributed by atoms with E-state index in [1.807, 2.05) is 42.1 Å². The van der Waals surface area contributed by atoms with Crippen molar-refractivity contribution >= 4 is 30.4 Å². The highest BCUT2D eigenvalue weighted by Crippen LogP contribution is 2.24. The Kier molecular flexibility index (Phi) is 10.6. The first-order chi connectivity index (χ1) is 19.4.